The molecular weight excluding hydrogens is 448 g/mol. The molecule has 3 aromatic carbocycles. The Labute approximate surface area is 203 Å². The number of hydrogen-bond donors (Lipinski definition) is 2. The van der Waals surface area contributed by atoms with Crippen LogP contribution in [0.5, 0.6) is 0 Å². The fraction of sp³-hybridized carbons (Fsp3) is 0.250. The highest BCUT2D eigenvalue weighted by molar-refractivity contribution is 7.23. The highest BCUT2D eigenvalue weighted by Crippen LogP contribution is 2.46. The zero-order valence-electron chi connectivity index (χ0n) is 19.1. The summed E-state index contributed by atoms with van der Waals surface area (Å²) in [4.78, 5) is 13.2. The molecule has 5 heteroatoms. The summed E-state index contributed by atoms with van der Waals surface area (Å²) in [7, 11) is 0. The van der Waals surface area contributed by atoms with Crippen LogP contribution in [0.4, 0.5) is 15.5 Å². The molecule has 4 aromatic rings. The molecule has 0 atom stereocenters. The molecule has 5 rings (SSSR count). The summed E-state index contributed by atoms with van der Waals surface area (Å²) in [5.41, 5.74) is 7.83. The Kier molecular flexibility index (Phi) is 5.90. The molecule has 2 N–H and O–H groups in total. The molecule has 0 spiro atoms. The number of hydrogen-bond acceptors (Lipinski definition) is 2. The van der Waals surface area contributed by atoms with E-state index >= 15 is 0 Å². The Balaban J connectivity index is 1.57. The minimum atomic E-state index is -0.237. The third-order valence-corrected chi connectivity index (χ3v) is 7.84. The van der Waals surface area contributed by atoms with Crippen molar-refractivity contribution in [1.29, 1.82) is 0 Å². The molecule has 1 aliphatic carbocycles. The van der Waals surface area contributed by atoms with Gasteiger partial charge in [0.1, 0.15) is 5.00 Å². The number of fused-ring (bicyclic) bond motifs is 2. The fourth-order valence-corrected chi connectivity index (χ4v) is 6.16. The first kappa shape index (κ1) is 22.0. The molecule has 2 amide bonds. The molecular formula is C28H27ClN2OS. The molecule has 0 bridgehead atoms. The van der Waals surface area contributed by atoms with Gasteiger partial charge in [0, 0.05) is 31.9 Å². The van der Waals surface area contributed by atoms with E-state index in [1.807, 2.05) is 43.3 Å². The van der Waals surface area contributed by atoms with E-state index in [0.717, 1.165) is 51.2 Å². The molecule has 1 aliphatic rings. The zero-order chi connectivity index (χ0) is 23.1. The van der Waals surface area contributed by atoms with Crippen molar-refractivity contribution in [2.45, 2.75) is 46.0 Å². The molecule has 0 unspecified atom stereocenters. The van der Waals surface area contributed by atoms with Crippen LogP contribution in [0.2, 0.25) is 5.02 Å². The van der Waals surface area contributed by atoms with E-state index in [2.05, 4.69) is 42.7 Å². The number of carbonyl (C=O) groups excluding carboxylic acids is 1. The van der Waals surface area contributed by atoms with Crippen molar-refractivity contribution >= 4 is 49.7 Å². The molecule has 3 nitrogen and oxygen atoms in total. The summed E-state index contributed by atoms with van der Waals surface area (Å²) < 4.78 is 1.18. The van der Waals surface area contributed by atoms with Crippen LogP contribution in [-0.2, 0) is 12.8 Å². The Morgan fingerprint density at radius 3 is 2.52 bits per heavy atom. The van der Waals surface area contributed by atoms with Crippen LogP contribution < -0.4 is 10.6 Å². The topological polar surface area (TPSA) is 41.1 Å². The van der Waals surface area contributed by atoms with Crippen molar-refractivity contribution in [3.05, 3.63) is 81.9 Å². The molecule has 1 heterocycles. The van der Waals surface area contributed by atoms with E-state index in [0.29, 0.717) is 10.9 Å². The fourth-order valence-electron chi connectivity index (χ4n) is 4.77. The van der Waals surface area contributed by atoms with Gasteiger partial charge < -0.3 is 5.32 Å². The Morgan fingerprint density at radius 1 is 1.00 bits per heavy atom. The number of thiophene rings is 1. The molecule has 0 fully saturated rings. The minimum Gasteiger partial charge on any atom is -0.307 e. The maximum Gasteiger partial charge on any atom is 0.324 e. The highest BCUT2D eigenvalue weighted by Gasteiger charge is 2.22. The van der Waals surface area contributed by atoms with Crippen LogP contribution in [0.15, 0.2) is 54.6 Å². The number of aryl methyl sites for hydroxylation is 3. The summed E-state index contributed by atoms with van der Waals surface area (Å²) in [6.45, 7) is 6.30. The van der Waals surface area contributed by atoms with Crippen molar-refractivity contribution in [1.82, 2.24) is 0 Å². The first-order chi connectivity index (χ1) is 15.9. The molecule has 0 radical (unpaired) electrons. The van der Waals surface area contributed by atoms with Gasteiger partial charge in [-0.3, -0.25) is 5.32 Å². The number of benzene rings is 3. The minimum absolute atomic E-state index is 0.237. The number of urea groups is 1. The van der Waals surface area contributed by atoms with Crippen LogP contribution >= 0.6 is 22.9 Å². The normalized spacial score (nSPS) is 12.9. The standard InChI is InChI=1S/C28H27ClN2OS/c1-16(2)20-12-6-8-17(3)26(20)30-28(32)31-27-25(21-11-4-5-13-23(21)29)22-14-18-9-7-10-19(18)15-24(22)33-27/h4-6,8,11-16H,7,9-10H2,1-3H3,(H2,30,31,32). The molecule has 33 heavy (non-hydrogen) atoms. The van der Waals surface area contributed by atoms with E-state index in [9.17, 15) is 4.79 Å². The average molecular weight is 475 g/mol. The van der Waals surface area contributed by atoms with Gasteiger partial charge in [-0.2, -0.15) is 0 Å². The predicted octanol–water partition coefficient (Wildman–Crippen LogP) is 8.79. The van der Waals surface area contributed by atoms with Crippen molar-refractivity contribution in [3.63, 3.8) is 0 Å². The van der Waals surface area contributed by atoms with Gasteiger partial charge in [-0.15, -0.1) is 11.3 Å². The van der Waals surface area contributed by atoms with E-state index in [1.54, 1.807) is 11.3 Å². The number of carbonyl (C=O) groups is 1. The summed E-state index contributed by atoms with van der Waals surface area (Å²) >= 11 is 8.24. The van der Waals surface area contributed by atoms with E-state index in [4.69, 9.17) is 11.6 Å². The lowest BCUT2D eigenvalue weighted by Crippen LogP contribution is -2.21. The number of anilines is 2. The first-order valence-corrected chi connectivity index (χ1v) is 12.6. The van der Waals surface area contributed by atoms with Gasteiger partial charge in [0.05, 0.1) is 0 Å². The Hall–Kier alpha value is -2.82. The van der Waals surface area contributed by atoms with Gasteiger partial charge >= 0.3 is 6.03 Å². The maximum absolute atomic E-state index is 13.2. The molecule has 168 valence electrons. The lowest BCUT2D eigenvalue weighted by atomic mass is 9.98. The Morgan fingerprint density at radius 2 is 1.76 bits per heavy atom. The number of para-hydroxylation sites is 1. The SMILES string of the molecule is Cc1cccc(C(C)C)c1NC(=O)Nc1sc2cc3c(cc2c1-c1ccccc1Cl)CCC3. The third kappa shape index (κ3) is 4.14. The van der Waals surface area contributed by atoms with Crippen molar-refractivity contribution in [2.75, 3.05) is 10.6 Å². The smallest absolute Gasteiger partial charge is 0.307 e. The van der Waals surface area contributed by atoms with Gasteiger partial charge in [0.15, 0.2) is 0 Å². The lowest BCUT2D eigenvalue weighted by Gasteiger charge is -2.17. The average Bonchev–Trinajstić information content (AvgIpc) is 3.37. The molecule has 0 saturated heterocycles. The first-order valence-electron chi connectivity index (χ1n) is 11.4. The second-order valence-electron chi connectivity index (χ2n) is 9.03. The maximum atomic E-state index is 13.2. The summed E-state index contributed by atoms with van der Waals surface area (Å²) in [5, 5.41) is 8.92. The quantitative estimate of drug-likeness (QED) is 0.305. The number of halogens is 1. The van der Waals surface area contributed by atoms with E-state index in [-0.39, 0.29) is 6.03 Å². The summed E-state index contributed by atoms with van der Waals surface area (Å²) in [5.74, 6) is 0.311. The van der Waals surface area contributed by atoms with E-state index < -0.39 is 0 Å². The molecule has 0 saturated carbocycles. The van der Waals surface area contributed by atoms with Gasteiger partial charge in [-0.1, -0.05) is 61.8 Å². The van der Waals surface area contributed by atoms with Crippen LogP contribution in [0.3, 0.4) is 0 Å². The van der Waals surface area contributed by atoms with Crippen molar-refractivity contribution in [2.24, 2.45) is 0 Å². The zero-order valence-corrected chi connectivity index (χ0v) is 20.7. The number of nitrogens with one attached hydrogen (secondary N) is 2. The molecule has 1 aromatic heterocycles. The van der Waals surface area contributed by atoms with Crippen LogP contribution in [-0.4, -0.2) is 6.03 Å². The summed E-state index contributed by atoms with van der Waals surface area (Å²) in [6.07, 6.45) is 3.44. The van der Waals surface area contributed by atoms with Gasteiger partial charge in [0.25, 0.3) is 0 Å². The summed E-state index contributed by atoms with van der Waals surface area (Å²) in [6, 6.07) is 18.3. The van der Waals surface area contributed by atoms with Crippen LogP contribution in [0.25, 0.3) is 21.2 Å². The second-order valence-corrected chi connectivity index (χ2v) is 10.5. The third-order valence-electron chi connectivity index (χ3n) is 6.44. The molecule has 0 aliphatic heterocycles. The number of rotatable bonds is 4. The second kappa shape index (κ2) is 8.85. The highest BCUT2D eigenvalue weighted by atomic mass is 35.5. The van der Waals surface area contributed by atoms with Crippen LogP contribution in [0, 0.1) is 6.92 Å². The van der Waals surface area contributed by atoms with Crippen LogP contribution in [0.1, 0.15) is 48.4 Å². The monoisotopic (exact) mass is 474 g/mol. The van der Waals surface area contributed by atoms with E-state index in [1.165, 1.54) is 22.2 Å². The number of amides is 2. The van der Waals surface area contributed by atoms with Crippen molar-refractivity contribution in [3.8, 4) is 11.1 Å². The van der Waals surface area contributed by atoms with Crippen molar-refractivity contribution < 1.29 is 4.79 Å². The Bertz CT molecular complexity index is 1370. The largest absolute Gasteiger partial charge is 0.324 e. The van der Waals surface area contributed by atoms with Gasteiger partial charge in [0.2, 0.25) is 0 Å². The van der Waals surface area contributed by atoms with Gasteiger partial charge in [-0.05, 0) is 72.6 Å². The van der Waals surface area contributed by atoms with Gasteiger partial charge in [-0.25, -0.2) is 4.79 Å². The lowest BCUT2D eigenvalue weighted by molar-refractivity contribution is 0.262. The predicted molar refractivity (Wildman–Crippen MR) is 142 cm³/mol.